The van der Waals surface area contributed by atoms with E-state index in [0.717, 1.165) is 11.1 Å². The van der Waals surface area contributed by atoms with Crippen LogP contribution in [0.5, 0.6) is 0 Å². The molecule has 0 saturated carbocycles. The molecule has 0 saturated heterocycles. The zero-order chi connectivity index (χ0) is 12.1. The van der Waals surface area contributed by atoms with Crippen LogP contribution in [0.25, 0.3) is 0 Å². The van der Waals surface area contributed by atoms with Crippen molar-refractivity contribution in [1.82, 2.24) is 0 Å². The van der Waals surface area contributed by atoms with Gasteiger partial charge in [0.05, 0.1) is 0 Å². The molecule has 2 aromatic carbocycles. The predicted molar refractivity (Wildman–Crippen MR) is 76.2 cm³/mol. The van der Waals surface area contributed by atoms with Gasteiger partial charge in [-0.25, -0.2) is 0 Å². The number of hydrogen-bond donors (Lipinski definition) is 0. The lowest BCUT2D eigenvalue weighted by atomic mass is 10.1. The highest BCUT2D eigenvalue weighted by molar-refractivity contribution is 9.09. The highest BCUT2D eigenvalue weighted by Crippen LogP contribution is 2.24. The van der Waals surface area contributed by atoms with Crippen molar-refractivity contribution >= 4 is 15.9 Å². The second-order valence-electron chi connectivity index (χ2n) is 3.82. The fourth-order valence-corrected chi connectivity index (χ4v) is 2.02. The average molecular weight is 285 g/mol. The summed E-state index contributed by atoms with van der Waals surface area (Å²) >= 11 is 3.59. The van der Waals surface area contributed by atoms with Crippen molar-refractivity contribution in [2.75, 3.05) is 0 Å². The fourth-order valence-electron chi connectivity index (χ4n) is 1.62. The zero-order valence-corrected chi connectivity index (χ0v) is 11.2. The second kappa shape index (κ2) is 5.70. The molecule has 0 heterocycles. The summed E-state index contributed by atoms with van der Waals surface area (Å²) in [6, 6.07) is 18.3. The topological polar surface area (TPSA) is 0 Å². The van der Waals surface area contributed by atoms with Gasteiger partial charge in [-0.1, -0.05) is 64.2 Å². The Bertz CT molecular complexity index is 544. The summed E-state index contributed by atoms with van der Waals surface area (Å²) in [4.78, 5) is 0.323. The molecule has 2 rings (SSSR count). The first kappa shape index (κ1) is 12.0. The molecule has 0 aromatic heterocycles. The van der Waals surface area contributed by atoms with E-state index in [2.05, 4.69) is 46.8 Å². The van der Waals surface area contributed by atoms with Crippen molar-refractivity contribution in [2.45, 2.75) is 11.8 Å². The molecule has 0 aliphatic heterocycles. The van der Waals surface area contributed by atoms with Crippen molar-refractivity contribution < 1.29 is 0 Å². The molecule has 0 amide bonds. The smallest absolute Gasteiger partial charge is 0.0379 e. The van der Waals surface area contributed by atoms with Crippen LogP contribution in [0, 0.1) is 11.8 Å². The van der Waals surface area contributed by atoms with Crippen LogP contribution in [0.3, 0.4) is 0 Å². The summed E-state index contributed by atoms with van der Waals surface area (Å²) in [7, 11) is 0. The summed E-state index contributed by atoms with van der Waals surface area (Å²) in [5.74, 6) is 6.42. The van der Waals surface area contributed by atoms with Crippen molar-refractivity contribution in [3.63, 3.8) is 0 Å². The number of benzene rings is 2. The molecule has 0 bridgehead atoms. The van der Waals surface area contributed by atoms with E-state index in [1.807, 2.05) is 42.5 Å². The first-order chi connectivity index (χ1) is 8.27. The summed E-state index contributed by atoms with van der Waals surface area (Å²) in [6.07, 6.45) is 0. The van der Waals surface area contributed by atoms with E-state index in [0.29, 0.717) is 4.83 Å². The molecule has 84 valence electrons. The van der Waals surface area contributed by atoms with Crippen LogP contribution in [0.2, 0.25) is 0 Å². The van der Waals surface area contributed by atoms with E-state index in [1.54, 1.807) is 0 Å². The predicted octanol–water partition coefficient (Wildman–Crippen LogP) is 4.54. The molecule has 0 radical (unpaired) electrons. The Kier molecular flexibility index (Phi) is 4.01. The Labute approximate surface area is 111 Å². The summed E-state index contributed by atoms with van der Waals surface area (Å²) in [5, 5.41) is 0. The molecule has 0 nitrogen and oxygen atoms in total. The summed E-state index contributed by atoms with van der Waals surface area (Å²) in [5.41, 5.74) is 3.36. The fraction of sp³-hybridized carbons (Fsp3) is 0.125. The minimum absolute atomic E-state index is 0.323. The molecule has 0 aliphatic carbocycles. The Morgan fingerprint density at radius 3 is 2.24 bits per heavy atom. The number of hydrogen-bond acceptors (Lipinski definition) is 0. The number of alkyl halides is 1. The Hall–Kier alpha value is -1.52. The molecule has 1 atom stereocenters. The normalized spacial score (nSPS) is 11.4. The van der Waals surface area contributed by atoms with E-state index < -0.39 is 0 Å². The summed E-state index contributed by atoms with van der Waals surface area (Å²) < 4.78 is 0. The molecule has 1 unspecified atom stereocenters. The standard InChI is InChI=1S/C16H13Br/c1-13(17)16-10-6-5-9-15(16)12-11-14-7-3-2-4-8-14/h2-10,13H,1H3. The van der Waals surface area contributed by atoms with Crippen molar-refractivity contribution in [3.05, 3.63) is 71.3 Å². The lowest BCUT2D eigenvalue weighted by Crippen LogP contribution is -1.89. The van der Waals surface area contributed by atoms with Gasteiger partial charge < -0.3 is 0 Å². The Balaban J connectivity index is 2.34. The monoisotopic (exact) mass is 284 g/mol. The van der Waals surface area contributed by atoms with Gasteiger partial charge in [0.15, 0.2) is 0 Å². The Morgan fingerprint density at radius 2 is 1.53 bits per heavy atom. The minimum atomic E-state index is 0.323. The average Bonchev–Trinajstić information content (AvgIpc) is 2.38. The van der Waals surface area contributed by atoms with Crippen molar-refractivity contribution in [2.24, 2.45) is 0 Å². The minimum Gasteiger partial charge on any atom is -0.0841 e. The van der Waals surface area contributed by atoms with Gasteiger partial charge in [-0.3, -0.25) is 0 Å². The summed E-state index contributed by atoms with van der Waals surface area (Å²) in [6.45, 7) is 2.11. The Morgan fingerprint density at radius 1 is 0.882 bits per heavy atom. The van der Waals surface area contributed by atoms with Gasteiger partial charge in [0, 0.05) is 16.0 Å². The second-order valence-corrected chi connectivity index (χ2v) is 5.19. The molecular weight excluding hydrogens is 272 g/mol. The van der Waals surface area contributed by atoms with Crippen molar-refractivity contribution in [3.8, 4) is 11.8 Å². The third kappa shape index (κ3) is 3.22. The van der Waals surface area contributed by atoms with Gasteiger partial charge in [-0.05, 0) is 30.7 Å². The molecule has 0 aliphatic rings. The quantitative estimate of drug-likeness (QED) is 0.533. The molecule has 0 spiro atoms. The first-order valence-corrected chi connectivity index (χ1v) is 6.49. The highest BCUT2D eigenvalue weighted by atomic mass is 79.9. The van der Waals surface area contributed by atoms with E-state index >= 15 is 0 Å². The van der Waals surface area contributed by atoms with Gasteiger partial charge in [-0.15, -0.1) is 0 Å². The third-order valence-electron chi connectivity index (χ3n) is 2.50. The van der Waals surface area contributed by atoms with Crippen LogP contribution in [-0.2, 0) is 0 Å². The van der Waals surface area contributed by atoms with Crippen LogP contribution in [0.1, 0.15) is 28.4 Å². The lowest BCUT2D eigenvalue weighted by molar-refractivity contribution is 1.12. The van der Waals surface area contributed by atoms with Gasteiger partial charge >= 0.3 is 0 Å². The van der Waals surface area contributed by atoms with E-state index in [9.17, 15) is 0 Å². The largest absolute Gasteiger partial charge is 0.0841 e. The van der Waals surface area contributed by atoms with Gasteiger partial charge in [0.25, 0.3) is 0 Å². The first-order valence-electron chi connectivity index (χ1n) is 5.57. The molecule has 1 heteroatoms. The SMILES string of the molecule is CC(Br)c1ccccc1C#Cc1ccccc1. The maximum absolute atomic E-state index is 3.59. The maximum atomic E-state index is 3.59. The van der Waals surface area contributed by atoms with Crippen LogP contribution >= 0.6 is 15.9 Å². The highest BCUT2D eigenvalue weighted by Gasteiger charge is 2.04. The number of rotatable bonds is 1. The molecule has 0 N–H and O–H groups in total. The molecule has 0 fully saturated rings. The number of halogens is 1. The van der Waals surface area contributed by atoms with Gasteiger partial charge in [0.1, 0.15) is 0 Å². The van der Waals surface area contributed by atoms with E-state index in [1.165, 1.54) is 5.56 Å². The molecule has 17 heavy (non-hydrogen) atoms. The van der Waals surface area contributed by atoms with Crippen LogP contribution in [-0.4, -0.2) is 0 Å². The lowest BCUT2D eigenvalue weighted by Gasteiger charge is -2.05. The van der Waals surface area contributed by atoms with Gasteiger partial charge in [-0.2, -0.15) is 0 Å². The van der Waals surface area contributed by atoms with E-state index in [-0.39, 0.29) is 0 Å². The van der Waals surface area contributed by atoms with Crippen LogP contribution < -0.4 is 0 Å². The van der Waals surface area contributed by atoms with Gasteiger partial charge in [0.2, 0.25) is 0 Å². The molecular formula is C16H13Br. The zero-order valence-electron chi connectivity index (χ0n) is 9.65. The third-order valence-corrected chi connectivity index (χ3v) is 3.00. The maximum Gasteiger partial charge on any atom is 0.0379 e. The van der Waals surface area contributed by atoms with E-state index in [4.69, 9.17) is 0 Å². The van der Waals surface area contributed by atoms with Crippen molar-refractivity contribution in [1.29, 1.82) is 0 Å². The molecule has 2 aromatic rings. The van der Waals surface area contributed by atoms with Crippen LogP contribution in [0.15, 0.2) is 54.6 Å². The van der Waals surface area contributed by atoms with Crippen LogP contribution in [0.4, 0.5) is 0 Å².